The van der Waals surface area contributed by atoms with Crippen LogP contribution in [-0.4, -0.2) is 28.1 Å². The summed E-state index contributed by atoms with van der Waals surface area (Å²) in [6.45, 7) is 0. The number of carbonyl (C=O) groups excluding carboxylic acids is 2. The highest BCUT2D eigenvalue weighted by Crippen LogP contribution is 2.23. The summed E-state index contributed by atoms with van der Waals surface area (Å²) in [6, 6.07) is 9.95. The molecule has 21 heavy (non-hydrogen) atoms. The standard InChI is InChI=1S/C15H12N2O4/c18-11-6-3-7-16-13(11)17-14(19)12-8-9-4-1-2-5-10(9)15(20)21-12/h1-7,12,18H,8H2,(H,16,17,19). The second-order valence-corrected chi connectivity index (χ2v) is 4.62. The number of benzene rings is 1. The highest BCUT2D eigenvalue weighted by atomic mass is 16.5. The third-order valence-electron chi connectivity index (χ3n) is 3.21. The van der Waals surface area contributed by atoms with Crippen LogP contribution in [0.25, 0.3) is 0 Å². The summed E-state index contributed by atoms with van der Waals surface area (Å²) in [7, 11) is 0. The van der Waals surface area contributed by atoms with E-state index in [1.165, 1.54) is 12.3 Å². The van der Waals surface area contributed by atoms with Gasteiger partial charge in [0.05, 0.1) is 5.56 Å². The normalized spacial score (nSPS) is 16.8. The van der Waals surface area contributed by atoms with Crippen molar-refractivity contribution in [3.63, 3.8) is 0 Å². The molecule has 6 heteroatoms. The zero-order chi connectivity index (χ0) is 14.8. The molecule has 1 aliphatic heterocycles. The van der Waals surface area contributed by atoms with Crippen molar-refractivity contribution in [1.82, 2.24) is 4.98 Å². The van der Waals surface area contributed by atoms with Crippen LogP contribution in [0.3, 0.4) is 0 Å². The summed E-state index contributed by atoms with van der Waals surface area (Å²) in [4.78, 5) is 27.8. The maximum Gasteiger partial charge on any atom is 0.339 e. The largest absolute Gasteiger partial charge is 0.504 e. The highest BCUT2D eigenvalue weighted by Gasteiger charge is 2.31. The van der Waals surface area contributed by atoms with Crippen LogP contribution in [0.1, 0.15) is 15.9 Å². The fourth-order valence-electron chi connectivity index (χ4n) is 2.17. The Labute approximate surface area is 120 Å². The number of carbonyl (C=O) groups is 2. The number of hydrogen-bond donors (Lipinski definition) is 2. The van der Waals surface area contributed by atoms with E-state index in [0.717, 1.165) is 5.56 Å². The molecule has 0 saturated heterocycles. The summed E-state index contributed by atoms with van der Waals surface area (Å²) in [5.41, 5.74) is 1.24. The highest BCUT2D eigenvalue weighted by molar-refractivity contribution is 6.00. The first-order chi connectivity index (χ1) is 10.1. The molecule has 1 aromatic heterocycles. The van der Waals surface area contributed by atoms with Gasteiger partial charge >= 0.3 is 5.97 Å². The van der Waals surface area contributed by atoms with Crippen molar-refractivity contribution in [3.05, 3.63) is 53.7 Å². The Morgan fingerprint density at radius 1 is 1.29 bits per heavy atom. The van der Waals surface area contributed by atoms with Gasteiger partial charge in [-0.05, 0) is 23.8 Å². The third kappa shape index (κ3) is 2.55. The van der Waals surface area contributed by atoms with Gasteiger partial charge in [0.2, 0.25) is 0 Å². The van der Waals surface area contributed by atoms with E-state index in [0.29, 0.717) is 12.0 Å². The molecule has 0 aliphatic carbocycles. The summed E-state index contributed by atoms with van der Waals surface area (Å²) in [6.07, 6.45) is 0.799. The first-order valence-electron chi connectivity index (χ1n) is 6.39. The second-order valence-electron chi connectivity index (χ2n) is 4.62. The zero-order valence-corrected chi connectivity index (χ0v) is 10.9. The Morgan fingerprint density at radius 3 is 2.90 bits per heavy atom. The Balaban J connectivity index is 1.78. The van der Waals surface area contributed by atoms with Crippen LogP contribution >= 0.6 is 0 Å². The lowest BCUT2D eigenvalue weighted by molar-refractivity contribution is -0.125. The number of ether oxygens (including phenoxy) is 1. The monoisotopic (exact) mass is 284 g/mol. The first kappa shape index (κ1) is 13.1. The molecular formula is C15H12N2O4. The van der Waals surface area contributed by atoms with E-state index >= 15 is 0 Å². The third-order valence-corrected chi connectivity index (χ3v) is 3.21. The molecule has 1 aliphatic rings. The van der Waals surface area contributed by atoms with Crippen molar-refractivity contribution in [1.29, 1.82) is 0 Å². The quantitative estimate of drug-likeness (QED) is 0.816. The minimum Gasteiger partial charge on any atom is -0.504 e. The minimum absolute atomic E-state index is 0.0393. The molecule has 1 atom stereocenters. The van der Waals surface area contributed by atoms with Gasteiger partial charge in [-0.2, -0.15) is 0 Å². The van der Waals surface area contributed by atoms with E-state index in [1.807, 2.05) is 0 Å². The second kappa shape index (κ2) is 5.24. The molecule has 2 N–H and O–H groups in total. The van der Waals surface area contributed by atoms with E-state index in [4.69, 9.17) is 4.74 Å². The zero-order valence-electron chi connectivity index (χ0n) is 10.9. The topological polar surface area (TPSA) is 88.5 Å². The van der Waals surface area contributed by atoms with Gasteiger partial charge in [0.1, 0.15) is 0 Å². The number of hydrogen-bond acceptors (Lipinski definition) is 5. The molecule has 0 spiro atoms. The van der Waals surface area contributed by atoms with Crippen molar-refractivity contribution in [3.8, 4) is 5.75 Å². The number of esters is 1. The lowest BCUT2D eigenvalue weighted by Gasteiger charge is -2.23. The molecule has 0 bridgehead atoms. The van der Waals surface area contributed by atoms with Crippen LogP contribution in [0.15, 0.2) is 42.6 Å². The van der Waals surface area contributed by atoms with E-state index in [1.54, 1.807) is 30.3 Å². The van der Waals surface area contributed by atoms with Crippen LogP contribution < -0.4 is 5.32 Å². The Kier molecular flexibility index (Phi) is 3.27. The molecule has 106 valence electrons. The minimum atomic E-state index is -0.936. The molecule has 0 fully saturated rings. The van der Waals surface area contributed by atoms with Crippen molar-refractivity contribution >= 4 is 17.7 Å². The van der Waals surface area contributed by atoms with Crippen LogP contribution in [0, 0.1) is 0 Å². The van der Waals surface area contributed by atoms with Crippen molar-refractivity contribution in [2.24, 2.45) is 0 Å². The molecule has 3 rings (SSSR count). The maximum absolute atomic E-state index is 12.1. The fourth-order valence-corrected chi connectivity index (χ4v) is 2.17. The number of rotatable bonds is 2. The van der Waals surface area contributed by atoms with Gasteiger partial charge in [-0.3, -0.25) is 4.79 Å². The lowest BCUT2D eigenvalue weighted by atomic mass is 9.98. The number of amides is 1. The molecule has 1 aromatic carbocycles. The number of fused-ring (bicyclic) bond motifs is 1. The van der Waals surface area contributed by atoms with Crippen molar-refractivity contribution < 1.29 is 19.4 Å². The summed E-state index contributed by atoms with van der Waals surface area (Å²) < 4.78 is 5.13. The maximum atomic E-state index is 12.1. The van der Waals surface area contributed by atoms with Crippen molar-refractivity contribution in [2.45, 2.75) is 12.5 Å². The predicted molar refractivity (Wildman–Crippen MR) is 73.9 cm³/mol. The van der Waals surface area contributed by atoms with Crippen molar-refractivity contribution in [2.75, 3.05) is 5.32 Å². The van der Waals surface area contributed by atoms with Crippen LogP contribution in [0.5, 0.6) is 5.75 Å². The molecule has 2 aromatic rings. The Bertz CT molecular complexity index is 714. The average molecular weight is 284 g/mol. The fraction of sp³-hybridized carbons (Fsp3) is 0.133. The van der Waals surface area contributed by atoms with Gasteiger partial charge in [-0.25, -0.2) is 9.78 Å². The van der Waals surface area contributed by atoms with Gasteiger partial charge in [0, 0.05) is 12.6 Å². The van der Waals surface area contributed by atoms with Gasteiger partial charge in [0.25, 0.3) is 5.91 Å². The number of nitrogens with one attached hydrogen (secondary N) is 1. The van der Waals surface area contributed by atoms with Gasteiger partial charge in [-0.1, -0.05) is 18.2 Å². The summed E-state index contributed by atoms with van der Waals surface area (Å²) in [5.74, 6) is -1.15. The van der Waals surface area contributed by atoms with Gasteiger partial charge in [0.15, 0.2) is 17.7 Å². The lowest BCUT2D eigenvalue weighted by Crippen LogP contribution is -2.38. The number of pyridine rings is 1. The predicted octanol–water partition coefficient (Wildman–Crippen LogP) is 1.51. The van der Waals surface area contributed by atoms with Crippen LogP contribution in [0.4, 0.5) is 5.82 Å². The number of aromatic hydroxyl groups is 1. The van der Waals surface area contributed by atoms with E-state index < -0.39 is 18.0 Å². The summed E-state index contributed by atoms with van der Waals surface area (Å²) in [5, 5.41) is 12.0. The summed E-state index contributed by atoms with van der Waals surface area (Å²) >= 11 is 0. The van der Waals surface area contributed by atoms with E-state index in [9.17, 15) is 14.7 Å². The van der Waals surface area contributed by atoms with E-state index in [-0.39, 0.29) is 11.6 Å². The molecule has 0 radical (unpaired) electrons. The number of aromatic nitrogens is 1. The first-order valence-corrected chi connectivity index (χ1v) is 6.39. The molecule has 1 amide bonds. The molecule has 6 nitrogen and oxygen atoms in total. The smallest absolute Gasteiger partial charge is 0.339 e. The SMILES string of the molecule is O=C1OC(C(=O)Nc2ncccc2O)Cc2ccccc21. The Morgan fingerprint density at radius 2 is 2.10 bits per heavy atom. The Hall–Kier alpha value is -2.89. The number of nitrogens with zero attached hydrogens (tertiary/aromatic N) is 1. The van der Waals surface area contributed by atoms with Crippen LogP contribution in [-0.2, 0) is 16.0 Å². The van der Waals surface area contributed by atoms with Crippen LogP contribution in [0.2, 0.25) is 0 Å². The van der Waals surface area contributed by atoms with Gasteiger partial charge < -0.3 is 15.2 Å². The van der Waals surface area contributed by atoms with Gasteiger partial charge in [-0.15, -0.1) is 0 Å². The van der Waals surface area contributed by atoms with E-state index in [2.05, 4.69) is 10.3 Å². The average Bonchev–Trinajstić information content (AvgIpc) is 2.49. The number of anilines is 1. The molecule has 0 saturated carbocycles. The number of cyclic esters (lactones) is 1. The molecule has 1 unspecified atom stereocenters. The molecule has 2 heterocycles. The molecular weight excluding hydrogens is 272 g/mol.